The van der Waals surface area contributed by atoms with Gasteiger partial charge in [-0.05, 0) is 28.6 Å². The van der Waals surface area contributed by atoms with Crippen LogP contribution in [0.3, 0.4) is 0 Å². The number of hydrogen-bond acceptors (Lipinski definition) is 1. The molecule has 0 fully saturated rings. The molecule has 0 nitrogen and oxygen atoms in total. The van der Waals surface area contributed by atoms with Crippen LogP contribution in [0.1, 0.15) is 0 Å². The van der Waals surface area contributed by atoms with Gasteiger partial charge < -0.3 is 0 Å². The quantitative estimate of drug-likeness (QED) is 0.557. The normalized spacial score (nSPS) is 10.5. The summed E-state index contributed by atoms with van der Waals surface area (Å²) in [4.78, 5) is 1.27. The molecule has 0 atom stereocenters. The minimum absolute atomic E-state index is 0.793. The van der Waals surface area contributed by atoms with Crippen molar-refractivity contribution in [1.29, 1.82) is 0 Å². The molecule has 2 aromatic carbocycles. The van der Waals surface area contributed by atoms with E-state index in [4.69, 9.17) is 11.6 Å². The second kappa shape index (κ2) is 4.97. The van der Waals surface area contributed by atoms with Gasteiger partial charge in [-0.3, -0.25) is 0 Å². The molecular formula is C16H11ClS. The monoisotopic (exact) mass is 270 g/mol. The summed E-state index contributed by atoms with van der Waals surface area (Å²) in [5.41, 5.74) is 3.51. The molecule has 0 spiro atoms. The smallest absolute Gasteiger partial charge is 0.0484 e. The van der Waals surface area contributed by atoms with Gasteiger partial charge in [0.2, 0.25) is 0 Å². The van der Waals surface area contributed by atoms with Crippen LogP contribution in [0.15, 0.2) is 66.0 Å². The fourth-order valence-electron chi connectivity index (χ4n) is 2.04. The van der Waals surface area contributed by atoms with Crippen LogP contribution in [0.2, 0.25) is 5.02 Å². The molecule has 3 aromatic rings. The van der Waals surface area contributed by atoms with Crippen LogP contribution in [0.4, 0.5) is 0 Å². The lowest BCUT2D eigenvalue weighted by molar-refractivity contribution is 1.61. The summed E-state index contributed by atoms with van der Waals surface area (Å²) < 4.78 is 0. The van der Waals surface area contributed by atoms with E-state index in [0.29, 0.717) is 0 Å². The maximum Gasteiger partial charge on any atom is 0.0484 e. The third kappa shape index (κ3) is 2.07. The minimum Gasteiger partial charge on any atom is -0.144 e. The number of rotatable bonds is 2. The average Bonchev–Trinajstić information content (AvgIpc) is 2.93. The van der Waals surface area contributed by atoms with E-state index in [9.17, 15) is 0 Å². The molecule has 2 heteroatoms. The first-order chi connectivity index (χ1) is 8.86. The van der Waals surface area contributed by atoms with Gasteiger partial charge in [0.15, 0.2) is 0 Å². The molecule has 0 radical (unpaired) electrons. The SMILES string of the molecule is Clc1ccccc1-c1ccccc1-c1cccs1. The molecule has 1 heterocycles. The Morgan fingerprint density at radius 2 is 1.33 bits per heavy atom. The Bertz CT molecular complexity index is 656. The summed E-state index contributed by atoms with van der Waals surface area (Å²) in [5, 5.41) is 2.89. The van der Waals surface area contributed by atoms with Crippen molar-refractivity contribution in [1.82, 2.24) is 0 Å². The van der Waals surface area contributed by atoms with Crippen LogP contribution in [-0.2, 0) is 0 Å². The van der Waals surface area contributed by atoms with Crippen molar-refractivity contribution in [2.24, 2.45) is 0 Å². The molecule has 0 aliphatic heterocycles. The Labute approximate surface area is 115 Å². The molecule has 0 unspecified atom stereocenters. The first-order valence-corrected chi connectivity index (χ1v) is 7.00. The standard InChI is InChI=1S/C16H11ClS/c17-15-9-4-3-7-13(15)12-6-1-2-8-14(12)16-10-5-11-18-16/h1-11H. The third-order valence-corrected chi connectivity index (χ3v) is 4.11. The lowest BCUT2D eigenvalue weighted by Crippen LogP contribution is -1.83. The van der Waals surface area contributed by atoms with Crippen molar-refractivity contribution in [2.45, 2.75) is 0 Å². The lowest BCUT2D eigenvalue weighted by atomic mass is 9.99. The molecule has 0 aliphatic rings. The van der Waals surface area contributed by atoms with Crippen LogP contribution < -0.4 is 0 Å². The van der Waals surface area contributed by atoms with Gasteiger partial charge in [0.1, 0.15) is 0 Å². The fourth-order valence-corrected chi connectivity index (χ4v) is 3.05. The zero-order chi connectivity index (χ0) is 12.4. The molecule has 18 heavy (non-hydrogen) atoms. The van der Waals surface area contributed by atoms with Crippen molar-refractivity contribution in [2.75, 3.05) is 0 Å². The van der Waals surface area contributed by atoms with Gasteiger partial charge in [-0.1, -0.05) is 60.1 Å². The highest BCUT2D eigenvalue weighted by Crippen LogP contribution is 2.37. The van der Waals surface area contributed by atoms with E-state index in [1.54, 1.807) is 11.3 Å². The maximum absolute atomic E-state index is 6.30. The Morgan fingerprint density at radius 1 is 0.667 bits per heavy atom. The van der Waals surface area contributed by atoms with Crippen molar-refractivity contribution in [3.8, 4) is 21.6 Å². The number of benzene rings is 2. The van der Waals surface area contributed by atoms with Gasteiger partial charge in [0.25, 0.3) is 0 Å². The van der Waals surface area contributed by atoms with E-state index in [-0.39, 0.29) is 0 Å². The predicted octanol–water partition coefficient (Wildman–Crippen LogP) is 5.74. The minimum atomic E-state index is 0.793. The second-order valence-corrected chi connectivity index (χ2v) is 5.36. The number of halogens is 1. The molecule has 0 saturated carbocycles. The molecule has 1 aromatic heterocycles. The molecule has 0 aliphatic carbocycles. The van der Waals surface area contributed by atoms with Crippen molar-refractivity contribution in [3.63, 3.8) is 0 Å². The first-order valence-electron chi connectivity index (χ1n) is 5.74. The van der Waals surface area contributed by atoms with Gasteiger partial charge in [-0.25, -0.2) is 0 Å². The lowest BCUT2D eigenvalue weighted by Gasteiger charge is -2.09. The summed E-state index contributed by atoms with van der Waals surface area (Å²) in [6, 6.07) is 20.6. The van der Waals surface area contributed by atoms with Gasteiger partial charge in [0, 0.05) is 15.5 Å². The van der Waals surface area contributed by atoms with Gasteiger partial charge >= 0.3 is 0 Å². The van der Waals surface area contributed by atoms with Gasteiger partial charge in [0.05, 0.1) is 0 Å². The largest absolute Gasteiger partial charge is 0.144 e. The third-order valence-electron chi connectivity index (χ3n) is 2.88. The van der Waals surface area contributed by atoms with Crippen LogP contribution >= 0.6 is 22.9 Å². The summed E-state index contributed by atoms with van der Waals surface area (Å²) in [6.45, 7) is 0. The summed E-state index contributed by atoms with van der Waals surface area (Å²) in [7, 11) is 0. The molecule has 88 valence electrons. The van der Waals surface area contributed by atoms with E-state index in [1.807, 2.05) is 18.2 Å². The Balaban J connectivity index is 2.22. The molecule has 0 saturated heterocycles. The Morgan fingerprint density at radius 3 is 2.00 bits per heavy atom. The van der Waals surface area contributed by atoms with Crippen LogP contribution in [-0.4, -0.2) is 0 Å². The zero-order valence-corrected chi connectivity index (χ0v) is 11.2. The zero-order valence-electron chi connectivity index (χ0n) is 9.64. The molecule has 0 N–H and O–H groups in total. The van der Waals surface area contributed by atoms with Crippen molar-refractivity contribution < 1.29 is 0 Å². The van der Waals surface area contributed by atoms with Gasteiger partial charge in [-0.2, -0.15) is 0 Å². The van der Waals surface area contributed by atoms with Crippen molar-refractivity contribution >= 4 is 22.9 Å². The van der Waals surface area contributed by atoms with E-state index in [0.717, 1.165) is 10.6 Å². The van der Waals surface area contributed by atoms with E-state index < -0.39 is 0 Å². The molecular weight excluding hydrogens is 260 g/mol. The fraction of sp³-hybridized carbons (Fsp3) is 0. The average molecular weight is 271 g/mol. The van der Waals surface area contributed by atoms with Crippen LogP contribution in [0, 0.1) is 0 Å². The highest BCUT2D eigenvalue weighted by Gasteiger charge is 2.09. The topological polar surface area (TPSA) is 0 Å². The number of hydrogen-bond donors (Lipinski definition) is 0. The molecule has 0 amide bonds. The van der Waals surface area contributed by atoms with Gasteiger partial charge in [-0.15, -0.1) is 11.3 Å². The summed E-state index contributed by atoms with van der Waals surface area (Å²) >= 11 is 8.04. The molecule has 3 rings (SSSR count). The van der Waals surface area contributed by atoms with Crippen LogP contribution in [0.25, 0.3) is 21.6 Å². The second-order valence-electron chi connectivity index (χ2n) is 4.00. The highest BCUT2D eigenvalue weighted by molar-refractivity contribution is 7.13. The summed E-state index contributed by atoms with van der Waals surface area (Å²) in [6.07, 6.45) is 0. The number of thiophene rings is 1. The first kappa shape index (κ1) is 11.5. The summed E-state index contributed by atoms with van der Waals surface area (Å²) in [5.74, 6) is 0. The Hall–Kier alpha value is -1.57. The van der Waals surface area contributed by atoms with E-state index in [1.165, 1.54) is 16.0 Å². The predicted molar refractivity (Wildman–Crippen MR) is 80.2 cm³/mol. The van der Waals surface area contributed by atoms with E-state index in [2.05, 4.69) is 47.8 Å². The van der Waals surface area contributed by atoms with E-state index >= 15 is 0 Å². The Kier molecular flexibility index (Phi) is 3.18. The maximum atomic E-state index is 6.30. The highest BCUT2D eigenvalue weighted by atomic mass is 35.5. The molecule has 0 bridgehead atoms. The van der Waals surface area contributed by atoms with Crippen molar-refractivity contribution in [3.05, 3.63) is 71.1 Å². The van der Waals surface area contributed by atoms with Crippen LogP contribution in [0.5, 0.6) is 0 Å².